The number of rotatable bonds is 5. The summed E-state index contributed by atoms with van der Waals surface area (Å²) in [7, 11) is 0. The lowest BCUT2D eigenvalue weighted by atomic mass is 10.1. The molecule has 1 aromatic heterocycles. The second kappa shape index (κ2) is 8.19. The summed E-state index contributed by atoms with van der Waals surface area (Å²) >= 11 is 0. The molecule has 146 valence electrons. The van der Waals surface area contributed by atoms with E-state index in [0.29, 0.717) is 13.1 Å². The molecule has 0 atom stereocenters. The number of amides is 2. The third kappa shape index (κ3) is 4.14. The minimum Gasteiger partial charge on any atom is -0.336 e. The molecule has 4 rings (SSSR count). The summed E-state index contributed by atoms with van der Waals surface area (Å²) in [4.78, 5) is 17.2. The smallest absolute Gasteiger partial charge is 0.319 e. The Morgan fingerprint density at radius 2 is 1.72 bits per heavy atom. The van der Waals surface area contributed by atoms with E-state index in [1.54, 1.807) is 0 Å². The predicted molar refractivity (Wildman–Crippen MR) is 118 cm³/mol. The minimum absolute atomic E-state index is 0.206. The molecular formula is C24H24N4O. The minimum atomic E-state index is -0.206. The van der Waals surface area contributed by atoms with Gasteiger partial charge < -0.3 is 15.2 Å². The first-order chi connectivity index (χ1) is 14.1. The lowest BCUT2D eigenvalue weighted by Gasteiger charge is -2.12. The maximum atomic E-state index is 12.3. The Kier molecular flexibility index (Phi) is 5.29. The maximum Gasteiger partial charge on any atom is 0.319 e. The number of carbonyl (C=O) groups excluding carboxylic acids is 1. The molecule has 29 heavy (non-hydrogen) atoms. The maximum absolute atomic E-state index is 12.3. The number of benzene rings is 3. The Balaban J connectivity index is 1.49. The van der Waals surface area contributed by atoms with E-state index < -0.39 is 0 Å². The number of aromatic nitrogens is 2. The summed E-state index contributed by atoms with van der Waals surface area (Å²) in [6.45, 7) is 5.16. The first-order valence-corrected chi connectivity index (χ1v) is 9.74. The Bertz CT molecular complexity index is 1150. The summed E-state index contributed by atoms with van der Waals surface area (Å²) < 4.78 is 2.15. The van der Waals surface area contributed by atoms with E-state index >= 15 is 0 Å². The molecule has 0 fully saturated rings. The fourth-order valence-corrected chi connectivity index (χ4v) is 3.51. The molecule has 4 aromatic rings. The van der Waals surface area contributed by atoms with Crippen LogP contribution in [0.3, 0.4) is 0 Å². The fourth-order valence-electron chi connectivity index (χ4n) is 3.51. The van der Waals surface area contributed by atoms with Crippen LogP contribution in [0.25, 0.3) is 22.4 Å². The average Bonchev–Trinajstić information content (AvgIpc) is 3.10. The first-order valence-electron chi connectivity index (χ1n) is 9.74. The zero-order valence-electron chi connectivity index (χ0n) is 16.6. The molecule has 5 nitrogen and oxygen atoms in total. The number of para-hydroxylation sites is 2. The molecular weight excluding hydrogens is 360 g/mol. The number of imidazole rings is 1. The molecule has 0 radical (unpaired) electrons. The number of nitrogens with one attached hydrogen (secondary N) is 2. The van der Waals surface area contributed by atoms with Crippen molar-refractivity contribution in [2.75, 3.05) is 11.9 Å². The van der Waals surface area contributed by atoms with Crippen molar-refractivity contribution in [3.05, 3.63) is 83.9 Å². The molecule has 0 unspecified atom stereocenters. The normalized spacial score (nSPS) is 10.8. The fraction of sp³-hybridized carbons (Fsp3) is 0.167. The zero-order chi connectivity index (χ0) is 20.2. The van der Waals surface area contributed by atoms with Gasteiger partial charge in [0, 0.05) is 24.3 Å². The van der Waals surface area contributed by atoms with Gasteiger partial charge in [0.05, 0.1) is 11.0 Å². The second-order valence-corrected chi connectivity index (χ2v) is 7.14. The molecule has 0 spiro atoms. The average molecular weight is 384 g/mol. The van der Waals surface area contributed by atoms with Gasteiger partial charge in [-0.15, -0.1) is 0 Å². The van der Waals surface area contributed by atoms with E-state index in [4.69, 9.17) is 4.98 Å². The Morgan fingerprint density at radius 1 is 0.966 bits per heavy atom. The van der Waals surface area contributed by atoms with Crippen molar-refractivity contribution in [1.29, 1.82) is 0 Å². The molecule has 0 bridgehead atoms. The van der Waals surface area contributed by atoms with Crippen LogP contribution in [0.5, 0.6) is 0 Å². The Hall–Kier alpha value is -3.60. The van der Waals surface area contributed by atoms with Gasteiger partial charge in [-0.3, -0.25) is 0 Å². The number of hydrogen-bond acceptors (Lipinski definition) is 2. The van der Waals surface area contributed by atoms with Gasteiger partial charge in [-0.1, -0.05) is 60.2 Å². The van der Waals surface area contributed by atoms with E-state index in [0.717, 1.165) is 33.7 Å². The Morgan fingerprint density at radius 3 is 2.52 bits per heavy atom. The van der Waals surface area contributed by atoms with Crippen LogP contribution in [0.15, 0.2) is 72.8 Å². The summed E-state index contributed by atoms with van der Waals surface area (Å²) in [5.41, 5.74) is 6.12. The molecule has 0 aliphatic rings. The van der Waals surface area contributed by atoms with Gasteiger partial charge >= 0.3 is 6.03 Å². The molecule has 2 N–H and O–H groups in total. The standard InChI is InChI=1S/C24H24N4O/c1-17-12-13-20(18(2)16-17)27-24(29)25-14-15-28-22-11-7-6-10-21(22)26-23(28)19-8-4-3-5-9-19/h3-13,16H,14-15H2,1-2H3,(H2,25,27,29). The number of anilines is 1. The predicted octanol–water partition coefficient (Wildman–Crippen LogP) is 5.14. The van der Waals surface area contributed by atoms with Crippen molar-refractivity contribution in [3.63, 3.8) is 0 Å². The summed E-state index contributed by atoms with van der Waals surface area (Å²) in [6, 6.07) is 24.0. The van der Waals surface area contributed by atoms with Gasteiger partial charge in [-0.05, 0) is 37.6 Å². The van der Waals surface area contributed by atoms with Crippen LogP contribution in [0.1, 0.15) is 11.1 Å². The molecule has 0 saturated carbocycles. The highest BCUT2D eigenvalue weighted by atomic mass is 16.2. The van der Waals surface area contributed by atoms with Crippen LogP contribution in [0.4, 0.5) is 10.5 Å². The van der Waals surface area contributed by atoms with Gasteiger partial charge in [0.15, 0.2) is 0 Å². The molecule has 5 heteroatoms. The van der Waals surface area contributed by atoms with Crippen LogP contribution in [0, 0.1) is 13.8 Å². The van der Waals surface area contributed by atoms with Crippen LogP contribution in [-0.2, 0) is 6.54 Å². The molecule has 0 saturated heterocycles. The van der Waals surface area contributed by atoms with Gasteiger partial charge in [-0.25, -0.2) is 9.78 Å². The number of urea groups is 1. The van der Waals surface area contributed by atoms with Crippen LogP contribution >= 0.6 is 0 Å². The van der Waals surface area contributed by atoms with E-state index in [1.807, 2.05) is 62.4 Å². The van der Waals surface area contributed by atoms with Crippen molar-refractivity contribution >= 4 is 22.8 Å². The number of nitrogens with zero attached hydrogens (tertiary/aromatic N) is 2. The number of hydrogen-bond donors (Lipinski definition) is 2. The van der Waals surface area contributed by atoms with Crippen molar-refractivity contribution in [2.45, 2.75) is 20.4 Å². The van der Waals surface area contributed by atoms with Crippen molar-refractivity contribution < 1.29 is 4.79 Å². The summed E-state index contributed by atoms with van der Waals surface area (Å²) in [5.74, 6) is 0.906. The van der Waals surface area contributed by atoms with Crippen LogP contribution in [0.2, 0.25) is 0 Å². The van der Waals surface area contributed by atoms with Gasteiger partial charge in [0.25, 0.3) is 0 Å². The van der Waals surface area contributed by atoms with E-state index in [2.05, 4.69) is 39.5 Å². The molecule has 0 aliphatic carbocycles. The first kappa shape index (κ1) is 18.7. The molecule has 3 aromatic carbocycles. The SMILES string of the molecule is Cc1ccc(NC(=O)NCCn2c(-c3ccccc3)nc3ccccc32)c(C)c1. The van der Waals surface area contributed by atoms with Crippen molar-refractivity contribution in [3.8, 4) is 11.4 Å². The Labute approximate surface area is 170 Å². The van der Waals surface area contributed by atoms with Crippen LogP contribution in [-0.4, -0.2) is 22.1 Å². The monoisotopic (exact) mass is 384 g/mol. The second-order valence-electron chi connectivity index (χ2n) is 7.14. The highest BCUT2D eigenvalue weighted by molar-refractivity contribution is 5.90. The van der Waals surface area contributed by atoms with Crippen molar-refractivity contribution in [1.82, 2.24) is 14.9 Å². The zero-order valence-corrected chi connectivity index (χ0v) is 16.6. The summed E-state index contributed by atoms with van der Waals surface area (Å²) in [6.07, 6.45) is 0. The van der Waals surface area contributed by atoms with Gasteiger partial charge in [0.1, 0.15) is 5.82 Å². The quantitative estimate of drug-likeness (QED) is 0.500. The van der Waals surface area contributed by atoms with E-state index in [-0.39, 0.29) is 6.03 Å². The van der Waals surface area contributed by atoms with Gasteiger partial charge in [-0.2, -0.15) is 0 Å². The highest BCUT2D eigenvalue weighted by Crippen LogP contribution is 2.24. The van der Waals surface area contributed by atoms with Crippen molar-refractivity contribution in [2.24, 2.45) is 0 Å². The third-order valence-corrected chi connectivity index (χ3v) is 4.94. The molecule has 0 aliphatic heterocycles. The van der Waals surface area contributed by atoms with E-state index in [1.165, 1.54) is 5.56 Å². The van der Waals surface area contributed by atoms with Gasteiger partial charge in [0.2, 0.25) is 0 Å². The lowest BCUT2D eigenvalue weighted by molar-refractivity contribution is 0.251. The number of aryl methyl sites for hydroxylation is 2. The largest absolute Gasteiger partial charge is 0.336 e. The molecule has 1 heterocycles. The van der Waals surface area contributed by atoms with E-state index in [9.17, 15) is 4.79 Å². The number of fused-ring (bicyclic) bond motifs is 1. The summed E-state index contributed by atoms with van der Waals surface area (Å²) in [5, 5.41) is 5.88. The molecule has 2 amide bonds. The highest BCUT2D eigenvalue weighted by Gasteiger charge is 2.12. The third-order valence-electron chi connectivity index (χ3n) is 4.94. The number of carbonyl (C=O) groups is 1. The lowest BCUT2D eigenvalue weighted by Crippen LogP contribution is -2.31. The topological polar surface area (TPSA) is 59.0 Å². The van der Waals surface area contributed by atoms with Crippen LogP contribution < -0.4 is 10.6 Å².